The van der Waals surface area contributed by atoms with Crippen LogP contribution in [0.1, 0.15) is 23.1 Å². The van der Waals surface area contributed by atoms with Crippen LogP contribution in [0.15, 0.2) is 29.0 Å². The summed E-state index contributed by atoms with van der Waals surface area (Å²) in [6, 6.07) is 3.93. The molecule has 142 valence electrons. The molecule has 9 nitrogen and oxygen atoms in total. The van der Waals surface area contributed by atoms with Gasteiger partial charge in [0.05, 0.1) is 7.11 Å². The second-order valence-corrected chi connectivity index (χ2v) is 5.60. The third-order valence-electron chi connectivity index (χ3n) is 4.00. The number of ether oxygens (including phenoxy) is 1. The topological polar surface area (TPSA) is 115 Å². The molecule has 0 saturated heterocycles. The second kappa shape index (κ2) is 7.85. The summed E-state index contributed by atoms with van der Waals surface area (Å²) in [4.78, 5) is 11.7. The smallest absolute Gasteiger partial charge is 0.343 e. The summed E-state index contributed by atoms with van der Waals surface area (Å²) in [5, 5.41) is 24.2. The lowest BCUT2D eigenvalue weighted by Crippen LogP contribution is -2.12. The van der Waals surface area contributed by atoms with Crippen LogP contribution in [-0.4, -0.2) is 44.7 Å². The van der Waals surface area contributed by atoms with Gasteiger partial charge in [0.25, 0.3) is 0 Å². The molecule has 2 N–H and O–H groups in total. The number of aromatic nitrogens is 4. The van der Waals surface area contributed by atoms with Crippen molar-refractivity contribution < 1.29 is 23.6 Å². The number of nitrogens with one attached hydrogen (secondary N) is 1. The molecule has 0 aliphatic heterocycles. The molecule has 2 aromatic heterocycles. The number of rotatable bonds is 8. The van der Waals surface area contributed by atoms with Crippen LogP contribution in [0.5, 0.6) is 5.75 Å². The molecule has 10 heteroatoms. The molecule has 0 fully saturated rings. The van der Waals surface area contributed by atoms with E-state index in [0.717, 1.165) is 12.4 Å². The lowest BCUT2D eigenvalue weighted by Gasteiger charge is -2.06. The quantitative estimate of drug-likeness (QED) is 0.617. The lowest BCUT2D eigenvalue weighted by molar-refractivity contribution is 0.0698. The fourth-order valence-electron chi connectivity index (χ4n) is 2.64. The van der Waals surface area contributed by atoms with Gasteiger partial charge in [-0.15, -0.1) is 10.2 Å². The summed E-state index contributed by atoms with van der Waals surface area (Å²) in [6.45, 7) is 3.10. The minimum atomic E-state index is -1.21. The Morgan fingerprint density at radius 3 is 2.96 bits per heavy atom. The van der Waals surface area contributed by atoms with Crippen molar-refractivity contribution in [1.29, 1.82) is 0 Å². The van der Waals surface area contributed by atoms with Crippen LogP contribution in [0, 0.1) is 5.82 Å². The molecule has 27 heavy (non-hydrogen) atoms. The zero-order valence-electron chi connectivity index (χ0n) is 14.8. The van der Waals surface area contributed by atoms with E-state index in [9.17, 15) is 14.3 Å². The minimum Gasteiger partial charge on any atom is -0.494 e. The third-order valence-corrected chi connectivity index (χ3v) is 4.00. The number of aromatic carboxylic acids is 1. The molecule has 3 aromatic rings. The maximum absolute atomic E-state index is 13.6. The van der Waals surface area contributed by atoms with Gasteiger partial charge in [0.2, 0.25) is 0 Å². The maximum atomic E-state index is 13.6. The van der Waals surface area contributed by atoms with Gasteiger partial charge in [-0.1, -0.05) is 5.16 Å². The Bertz CT molecular complexity index is 953. The summed E-state index contributed by atoms with van der Waals surface area (Å²) in [6.07, 6.45) is 2.16. The SMILES string of the molecule is CCn1cnnc1CCNc1noc(-c2ccc(F)c(OC)c2)c1C(=O)O. The number of methoxy groups -OCH3 is 1. The highest BCUT2D eigenvalue weighted by Crippen LogP contribution is 2.32. The molecule has 0 spiro atoms. The van der Waals surface area contributed by atoms with E-state index in [4.69, 9.17) is 9.26 Å². The van der Waals surface area contributed by atoms with Gasteiger partial charge in [-0.25, -0.2) is 9.18 Å². The molecule has 2 heterocycles. The number of aryl methyl sites for hydroxylation is 1. The van der Waals surface area contributed by atoms with Gasteiger partial charge in [-0.05, 0) is 25.1 Å². The molecule has 0 saturated carbocycles. The van der Waals surface area contributed by atoms with Gasteiger partial charge in [0, 0.05) is 25.1 Å². The number of carbonyl (C=O) groups is 1. The molecule has 0 aliphatic rings. The fourth-order valence-corrected chi connectivity index (χ4v) is 2.64. The fraction of sp³-hybridized carbons (Fsp3) is 0.294. The largest absolute Gasteiger partial charge is 0.494 e. The number of benzene rings is 1. The Balaban J connectivity index is 1.82. The molecule has 0 amide bonds. The molecular weight excluding hydrogens is 357 g/mol. The Morgan fingerprint density at radius 2 is 2.26 bits per heavy atom. The van der Waals surface area contributed by atoms with E-state index in [2.05, 4.69) is 20.7 Å². The van der Waals surface area contributed by atoms with Gasteiger partial charge in [0.15, 0.2) is 28.7 Å². The summed E-state index contributed by atoms with van der Waals surface area (Å²) >= 11 is 0. The summed E-state index contributed by atoms with van der Waals surface area (Å²) in [5.74, 6) is -0.921. The van der Waals surface area contributed by atoms with Gasteiger partial charge in [-0.2, -0.15) is 0 Å². The Morgan fingerprint density at radius 1 is 1.44 bits per heavy atom. The number of carboxylic acids is 1. The zero-order valence-corrected chi connectivity index (χ0v) is 14.8. The van der Waals surface area contributed by atoms with Crippen molar-refractivity contribution >= 4 is 11.8 Å². The molecule has 0 radical (unpaired) electrons. The van der Waals surface area contributed by atoms with E-state index >= 15 is 0 Å². The first-order valence-electron chi connectivity index (χ1n) is 8.22. The number of carboxylic acid groups (broad SMARTS) is 1. The van der Waals surface area contributed by atoms with E-state index < -0.39 is 11.8 Å². The average molecular weight is 375 g/mol. The predicted octanol–water partition coefficient (Wildman–Crippen LogP) is 2.45. The van der Waals surface area contributed by atoms with Crippen LogP contribution in [0.3, 0.4) is 0 Å². The van der Waals surface area contributed by atoms with Crippen LogP contribution in [-0.2, 0) is 13.0 Å². The summed E-state index contributed by atoms with van der Waals surface area (Å²) < 4.78 is 25.6. The standard InChI is InChI=1S/C17H18FN5O4/c1-3-23-9-20-21-13(23)6-7-19-16-14(17(24)25)15(27-22-16)10-4-5-11(18)12(8-10)26-2/h4-5,8-9H,3,6-7H2,1-2H3,(H,19,22)(H,24,25). The zero-order chi connectivity index (χ0) is 19.4. The first-order chi connectivity index (χ1) is 13.0. The van der Waals surface area contributed by atoms with Gasteiger partial charge in [-0.3, -0.25) is 0 Å². The van der Waals surface area contributed by atoms with Crippen LogP contribution in [0.25, 0.3) is 11.3 Å². The van der Waals surface area contributed by atoms with Crippen molar-refractivity contribution in [2.45, 2.75) is 19.9 Å². The molecule has 1 aromatic carbocycles. The number of halogens is 1. The predicted molar refractivity (Wildman–Crippen MR) is 93.3 cm³/mol. The third kappa shape index (κ3) is 3.73. The average Bonchev–Trinajstić information content (AvgIpc) is 3.29. The van der Waals surface area contributed by atoms with Crippen molar-refractivity contribution in [3.63, 3.8) is 0 Å². The Kier molecular flexibility index (Phi) is 5.34. The normalized spacial score (nSPS) is 10.8. The molecule has 0 atom stereocenters. The van der Waals surface area contributed by atoms with Crippen molar-refractivity contribution in [1.82, 2.24) is 19.9 Å². The number of nitrogens with zero attached hydrogens (tertiary/aromatic N) is 4. The van der Waals surface area contributed by atoms with Gasteiger partial charge in [0.1, 0.15) is 12.2 Å². The van der Waals surface area contributed by atoms with E-state index in [0.29, 0.717) is 18.5 Å². The molecule has 0 bridgehead atoms. The summed E-state index contributed by atoms with van der Waals surface area (Å²) in [5.41, 5.74) is 0.206. The highest BCUT2D eigenvalue weighted by Gasteiger charge is 2.24. The minimum absolute atomic E-state index is 0.0139. The summed E-state index contributed by atoms with van der Waals surface area (Å²) in [7, 11) is 1.32. The van der Waals surface area contributed by atoms with Crippen molar-refractivity contribution in [2.75, 3.05) is 19.0 Å². The van der Waals surface area contributed by atoms with E-state index in [1.165, 1.54) is 25.3 Å². The molecular formula is C17H18FN5O4. The van der Waals surface area contributed by atoms with Crippen LogP contribution < -0.4 is 10.1 Å². The van der Waals surface area contributed by atoms with E-state index in [1.807, 2.05) is 11.5 Å². The van der Waals surface area contributed by atoms with Crippen molar-refractivity contribution in [3.8, 4) is 17.1 Å². The molecule has 0 unspecified atom stereocenters. The van der Waals surface area contributed by atoms with Crippen molar-refractivity contribution in [2.24, 2.45) is 0 Å². The number of hydrogen-bond donors (Lipinski definition) is 2. The van der Waals surface area contributed by atoms with Gasteiger partial charge < -0.3 is 24.3 Å². The lowest BCUT2D eigenvalue weighted by atomic mass is 10.1. The highest BCUT2D eigenvalue weighted by atomic mass is 19.1. The number of hydrogen-bond acceptors (Lipinski definition) is 7. The highest BCUT2D eigenvalue weighted by molar-refractivity contribution is 5.99. The van der Waals surface area contributed by atoms with E-state index in [-0.39, 0.29) is 22.9 Å². The van der Waals surface area contributed by atoms with Crippen molar-refractivity contribution in [3.05, 3.63) is 41.7 Å². The Hall–Kier alpha value is -3.43. The second-order valence-electron chi connectivity index (χ2n) is 5.60. The molecule has 3 rings (SSSR count). The number of anilines is 1. The van der Waals surface area contributed by atoms with Crippen LogP contribution >= 0.6 is 0 Å². The maximum Gasteiger partial charge on any atom is 0.343 e. The first kappa shape index (κ1) is 18.4. The first-order valence-corrected chi connectivity index (χ1v) is 8.22. The monoisotopic (exact) mass is 375 g/mol. The van der Waals surface area contributed by atoms with E-state index in [1.54, 1.807) is 6.33 Å². The van der Waals surface area contributed by atoms with Gasteiger partial charge >= 0.3 is 5.97 Å². The Labute approximate surface area is 153 Å². The molecule has 0 aliphatic carbocycles. The van der Waals surface area contributed by atoms with Crippen LogP contribution in [0.2, 0.25) is 0 Å². The van der Waals surface area contributed by atoms with Crippen LogP contribution in [0.4, 0.5) is 10.2 Å².